The molecule has 0 unspecified atom stereocenters. The number of nitrogens with zero attached hydrogens (tertiary/aromatic N) is 2. The van der Waals surface area contributed by atoms with E-state index in [0.717, 1.165) is 17.3 Å². The van der Waals surface area contributed by atoms with Gasteiger partial charge in [-0.15, -0.1) is 0 Å². The fourth-order valence-electron chi connectivity index (χ4n) is 1.44. The summed E-state index contributed by atoms with van der Waals surface area (Å²) in [6.45, 7) is 1.92. The van der Waals surface area contributed by atoms with Crippen LogP contribution in [0.1, 0.15) is 5.69 Å². The Bertz CT molecular complexity index is 522. The van der Waals surface area contributed by atoms with Gasteiger partial charge in [0.15, 0.2) is 0 Å². The summed E-state index contributed by atoms with van der Waals surface area (Å²) in [5, 5.41) is 3.12. The molecule has 0 fully saturated rings. The molecule has 0 radical (unpaired) electrons. The third-order valence-electron chi connectivity index (χ3n) is 2.17. The third kappa shape index (κ3) is 2.24. The van der Waals surface area contributed by atoms with Gasteiger partial charge in [-0.05, 0) is 41.1 Å². The first-order valence-electron chi connectivity index (χ1n) is 4.78. The third-order valence-corrected chi connectivity index (χ3v) is 2.78. The van der Waals surface area contributed by atoms with E-state index < -0.39 is 0 Å². The number of aromatic nitrogens is 2. The molecule has 1 heterocycles. The molecule has 84 valence electrons. The minimum atomic E-state index is -0.276. The predicted octanol–water partition coefficient (Wildman–Crippen LogP) is 3.37. The highest BCUT2D eigenvalue weighted by Gasteiger charge is 2.04. The molecule has 0 bridgehead atoms. The summed E-state index contributed by atoms with van der Waals surface area (Å²) in [5.41, 5.74) is 1.73. The van der Waals surface area contributed by atoms with Gasteiger partial charge in [0, 0.05) is 18.9 Å². The number of benzene rings is 1. The largest absolute Gasteiger partial charge is 0.326 e. The predicted molar refractivity (Wildman–Crippen MR) is 65.3 cm³/mol. The average Bonchev–Trinajstić information content (AvgIpc) is 2.51. The Labute approximate surface area is 101 Å². The minimum Gasteiger partial charge on any atom is -0.326 e. The van der Waals surface area contributed by atoms with E-state index >= 15 is 0 Å². The second-order valence-electron chi connectivity index (χ2n) is 3.57. The first-order chi connectivity index (χ1) is 7.56. The maximum absolute atomic E-state index is 13.0. The van der Waals surface area contributed by atoms with Crippen molar-refractivity contribution in [1.82, 2.24) is 9.55 Å². The molecule has 1 aromatic heterocycles. The normalized spacial score (nSPS) is 10.5. The van der Waals surface area contributed by atoms with E-state index in [1.807, 2.05) is 24.7 Å². The first-order valence-corrected chi connectivity index (χ1v) is 5.57. The maximum Gasteiger partial charge on any atom is 0.207 e. The quantitative estimate of drug-likeness (QED) is 0.916. The zero-order valence-electron chi connectivity index (χ0n) is 8.96. The monoisotopic (exact) mass is 283 g/mol. The van der Waals surface area contributed by atoms with Crippen LogP contribution in [0.5, 0.6) is 0 Å². The number of anilines is 2. The Morgan fingerprint density at radius 2 is 2.19 bits per heavy atom. The van der Waals surface area contributed by atoms with Crippen molar-refractivity contribution in [3.63, 3.8) is 0 Å². The summed E-state index contributed by atoms with van der Waals surface area (Å²) in [6.07, 6.45) is 1.92. The number of hydrogen-bond donors (Lipinski definition) is 1. The molecular formula is C11H11BrFN3. The van der Waals surface area contributed by atoms with Crippen molar-refractivity contribution in [3.8, 4) is 0 Å². The van der Waals surface area contributed by atoms with Crippen molar-refractivity contribution in [2.45, 2.75) is 6.92 Å². The molecule has 0 aliphatic carbocycles. The van der Waals surface area contributed by atoms with Crippen LogP contribution in [0.2, 0.25) is 0 Å². The second-order valence-corrected chi connectivity index (χ2v) is 4.43. The molecule has 0 saturated carbocycles. The van der Waals surface area contributed by atoms with Crippen LogP contribution in [0.4, 0.5) is 16.0 Å². The topological polar surface area (TPSA) is 29.9 Å². The van der Waals surface area contributed by atoms with Gasteiger partial charge in [-0.3, -0.25) is 0 Å². The smallest absolute Gasteiger partial charge is 0.207 e. The second kappa shape index (κ2) is 4.25. The lowest BCUT2D eigenvalue weighted by atomic mass is 10.3. The van der Waals surface area contributed by atoms with Crippen LogP contribution in [0.3, 0.4) is 0 Å². The lowest BCUT2D eigenvalue weighted by Gasteiger charge is -2.06. The van der Waals surface area contributed by atoms with E-state index in [1.165, 1.54) is 6.07 Å². The zero-order chi connectivity index (χ0) is 11.7. The molecule has 0 amide bonds. The summed E-state index contributed by atoms with van der Waals surface area (Å²) in [5.74, 6) is 0.456. The number of hydrogen-bond acceptors (Lipinski definition) is 2. The van der Waals surface area contributed by atoms with Gasteiger partial charge in [-0.25, -0.2) is 9.37 Å². The molecular weight excluding hydrogens is 273 g/mol. The van der Waals surface area contributed by atoms with Gasteiger partial charge in [-0.2, -0.15) is 0 Å². The number of rotatable bonds is 2. The highest BCUT2D eigenvalue weighted by molar-refractivity contribution is 9.10. The SMILES string of the molecule is Cc1cn(C)c(Nc2ccc(F)c(Br)c2)n1. The van der Waals surface area contributed by atoms with Gasteiger partial charge in [-0.1, -0.05) is 0 Å². The van der Waals surface area contributed by atoms with Crippen LogP contribution >= 0.6 is 15.9 Å². The molecule has 2 rings (SSSR count). The first kappa shape index (κ1) is 11.1. The minimum absolute atomic E-state index is 0.276. The van der Waals surface area contributed by atoms with E-state index in [1.54, 1.807) is 12.1 Å². The molecule has 0 saturated heterocycles. The van der Waals surface area contributed by atoms with Gasteiger partial charge in [0.05, 0.1) is 10.2 Å². The summed E-state index contributed by atoms with van der Waals surface area (Å²) >= 11 is 3.14. The molecule has 16 heavy (non-hydrogen) atoms. The Hall–Kier alpha value is -1.36. The van der Waals surface area contributed by atoms with Gasteiger partial charge >= 0.3 is 0 Å². The Balaban J connectivity index is 2.27. The van der Waals surface area contributed by atoms with Crippen LogP contribution in [-0.4, -0.2) is 9.55 Å². The number of halogens is 2. The van der Waals surface area contributed by atoms with E-state index in [-0.39, 0.29) is 5.82 Å². The molecule has 0 aliphatic heterocycles. The summed E-state index contributed by atoms with van der Waals surface area (Å²) < 4.78 is 15.3. The van der Waals surface area contributed by atoms with Crippen molar-refractivity contribution in [2.24, 2.45) is 7.05 Å². The number of imidazole rings is 1. The highest BCUT2D eigenvalue weighted by atomic mass is 79.9. The highest BCUT2D eigenvalue weighted by Crippen LogP contribution is 2.22. The molecule has 0 atom stereocenters. The van der Waals surface area contributed by atoms with Crippen molar-refractivity contribution >= 4 is 27.6 Å². The van der Waals surface area contributed by atoms with Crippen LogP contribution in [0, 0.1) is 12.7 Å². The average molecular weight is 284 g/mol. The van der Waals surface area contributed by atoms with Gasteiger partial charge in [0.1, 0.15) is 5.82 Å². The molecule has 0 aliphatic rings. The fraction of sp³-hybridized carbons (Fsp3) is 0.182. The van der Waals surface area contributed by atoms with Crippen LogP contribution in [-0.2, 0) is 7.05 Å². The van der Waals surface area contributed by atoms with Crippen molar-refractivity contribution in [2.75, 3.05) is 5.32 Å². The van der Waals surface area contributed by atoms with Crippen LogP contribution in [0.15, 0.2) is 28.9 Å². The van der Waals surface area contributed by atoms with Gasteiger partial charge in [0.25, 0.3) is 0 Å². The lowest BCUT2D eigenvalue weighted by Crippen LogP contribution is -1.98. The molecule has 1 N–H and O–H groups in total. The van der Waals surface area contributed by atoms with E-state index in [2.05, 4.69) is 26.2 Å². The number of nitrogens with one attached hydrogen (secondary N) is 1. The van der Waals surface area contributed by atoms with Crippen molar-refractivity contribution < 1.29 is 4.39 Å². The standard InChI is InChI=1S/C11H11BrFN3/c1-7-6-16(2)11(14-7)15-8-3-4-10(13)9(12)5-8/h3-6H,1-2H3,(H,14,15). The van der Waals surface area contributed by atoms with Crippen molar-refractivity contribution in [1.29, 1.82) is 0 Å². The molecule has 2 aromatic rings. The van der Waals surface area contributed by atoms with Crippen LogP contribution < -0.4 is 5.32 Å². The summed E-state index contributed by atoms with van der Waals surface area (Å²) in [6, 6.07) is 4.76. The van der Waals surface area contributed by atoms with Gasteiger partial charge in [0.2, 0.25) is 5.95 Å². The van der Waals surface area contributed by atoms with Crippen molar-refractivity contribution in [3.05, 3.63) is 40.4 Å². The van der Waals surface area contributed by atoms with E-state index in [9.17, 15) is 4.39 Å². The van der Waals surface area contributed by atoms with Gasteiger partial charge < -0.3 is 9.88 Å². The molecule has 1 aromatic carbocycles. The van der Waals surface area contributed by atoms with E-state index in [4.69, 9.17) is 0 Å². The zero-order valence-corrected chi connectivity index (χ0v) is 10.5. The maximum atomic E-state index is 13.0. The van der Waals surface area contributed by atoms with Crippen LogP contribution in [0.25, 0.3) is 0 Å². The lowest BCUT2D eigenvalue weighted by molar-refractivity contribution is 0.621. The summed E-state index contributed by atoms with van der Waals surface area (Å²) in [4.78, 5) is 4.30. The Morgan fingerprint density at radius 3 is 2.75 bits per heavy atom. The Kier molecular flexibility index (Phi) is 2.96. The fourth-order valence-corrected chi connectivity index (χ4v) is 1.81. The summed E-state index contributed by atoms with van der Waals surface area (Å²) in [7, 11) is 1.90. The molecule has 5 heteroatoms. The number of aryl methyl sites for hydroxylation is 2. The molecule has 3 nitrogen and oxygen atoms in total. The molecule has 0 spiro atoms. The Morgan fingerprint density at radius 1 is 1.44 bits per heavy atom. The van der Waals surface area contributed by atoms with E-state index in [0.29, 0.717) is 4.47 Å².